The fraction of sp³-hybridized carbons (Fsp3) is 0.417. The van der Waals surface area contributed by atoms with Crippen molar-refractivity contribution >= 4 is 44.8 Å². The molecule has 0 aromatic heterocycles. The van der Waals surface area contributed by atoms with Crippen LogP contribution in [0.15, 0.2) is 17.0 Å². The van der Waals surface area contributed by atoms with Crippen molar-refractivity contribution in [3.8, 4) is 0 Å². The summed E-state index contributed by atoms with van der Waals surface area (Å²) in [5, 5.41) is 0.270. The fourth-order valence-corrected chi connectivity index (χ4v) is 4.59. The first-order valence-corrected chi connectivity index (χ1v) is 8.43. The number of nitrogens with zero attached hydrogens (tertiary/aromatic N) is 2. The summed E-state index contributed by atoms with van der Waals surface area (Å²) < 4.78 is 26.5. The Morgan fingerprint density at radius 2 is 1.76 bits per heavy atom. The Kier molecular flexibility index (Phi) is 4.67. The molecule has 1 heterocycles. The van der Waals surface area contributed by atoms with Crippen LogP contribution in [-0.2, 0) is 14.8 Å². The highest BCUT2D eigenvalue weighted by Gasteiger charge is 2.32. The Morgan fingerprint density at radius 1 is 1.19 bits per heavy atom. The third kappa shape index (κ3) is 3.26. The summed E-state index contributed by atoms with van der Waals surface area (Å²) in [5.74, 6) is -0.0731. The molecule has 9 heteroatoms. The molecule has 0 atom stereocenters. The molecule has 116 valence electrons. The highest BCUT2D eigenvalue weighted by molar-refractivity contribution is 7.89. The number of amides is 1. The number of rotatable bonds is 2. The second-order valence-electron chi connectivity index (χ2n) is 4.72. The lowest BCUT2D eigenvalue weighted by atomic mass is 10.3. The lowest BCUT2D eigenvalue weighted by Crippen LogP contribution is -2.50. The molecule has 1 fully saturated rings. The number of hydrogen-bond acceptors (Lipinski definition) is 4. The third-order valence-electron chi connectivity index (χ3n) is 3.32. The van der Waals surface area contributed by atoms with E-state index in [9.17, 15) is 13.2 Å². The molecule has 21 heavy (non-hydrogen) atoms. The number of sulfonamides is 1. The van der Waals surface area contributed by atoms with E-state index < -0.39 is 10.0 Å². The summed E-state index contributed by atoms with van der Waals surface area (Å²) in [4.78, 5) is 12.7. The number of carbonyl (C=O) groups is 1. The van der Waals surface area contributed by atoms with Crippen LogP contribution >= 0.6 is 23.2 Å². The number of nitrogens with two attached hydrogens (primary N) is 1. The van der Waals surface area contributed by atoms with Gasteiger partial charge in [0, 0.05) is 38.1 Å². The highest BCUT2D eigenvalue weighted by Crippen LogP contribution is 2.33. The summed E-state index contributed by atoms with van der Waals surface area (Å²) in [5.41, 5.74) is 5.77. The Balaban J connectivity index is 2.30. The molecule has 1 amide bonds. The average molecular weight is 352 g/mol. The number of piperazine rings is 1. The predicted molar refractivity (Wildman–Crippen MR) is 81.9 cm³/mol. The maximum absolute atomic E-state index is 12.6. The molecule has 1 saturated heterocycles. The number of halogens is 2. The highest BCUT2D eigenvalue weighted by atomic mass is 35.5. The molecule has 0 spiro atoms. The van der Waals surface area contributed by atoms with E-state index in [2.05, 4.69) is 0 Å². The van der Waals surface area contributed by atoms with Gasteiger partial charge < -0.3 is 10.6 Å². The van der Waals surface area contributed by atoms with Crippen LogP contribution in [0, 0.1) is 0 Å². The number of nitrogen functional groups attached to an aromatic ring is 1. The van der Waals surface area contributed by atoms with Crippen LogP contribution in [0.4, 0.5) is 5.69 Å². The van der Waals surface area contributed by atoms with Crippen LogP contribution in [0.3, 0.4) is 0 Å². The zero-order chi connectivity index (χ0) is 15.8. The van der Waals surface area contributed by atoms with Gasteiger partial charge in [-0.25, -0.2) is 8.42 Å². The van der Waals surface area contributed by atoms with E-state index in [0.29, 0.717) is 13.1 Å². The molecule has 0 bridgehead atoms. The predicted octanol–water partition coefficient (Wildman–Crippen LogP) is 1.43. The molecule has 2 rings (SSSR count). The second kappa shape index (κ2) is 6.00. The maximum Gasteiger partial charge on any atom is 0.246 e. The van der Waals surface area contributed by atoms with Gasteiger partial charge in [0.05, 0.1) is 10.7 Å². The summed E-state index contributed by atoms with van der Waals surface area (Å²) in [6.45, 7) is 2.57. The van der Waals surface area contributed by atoms with Crippen LogP contribution in [0.25, 0.3) is 0 Å². The summed E-state index contributed by atoms with van der Waals surface area (Å²) in [6, 6.07) is 2.70. The van der Waals surface area contributed by atoms with Gasteiger partial charge in [-0.05, 0) is 12.1 Å². The van der Waals surface area contributed by atoms with Crippen molar-refractivity contribution in [2.75, 3.05) is 31.9 Å². The zero-order valence-corrected chi connectivity index (χ0v) is 13.7. The van der Waals surface area contributed by atoms with Crippen LogP contribution in [0.5, 0.6) is 0 Å². The van der Waals surface area contributed by atoms with Crippen molar-refractivity contribution in [3.05, 3.63) is 22.2 Å². The molecule has 2 N–H and O–H groups in total. The van der Waals surface area contributed by atoms with E-state index in [1.807, 2.05) is 0 Å². The molecule has 6 nitrogen and oxygen atoms in total. The molecule has 1 aromatic rings. The fourth-order valence-electron chi connectivity index (χ4n) is 2.22. The van der Waals surface area contributed by atoms with Crippen molar-refractivity contribution in [1.82, 2.24) is 9.21 Å². The van der Waals surface area contributed by atoms with Crippen molar-refractivity contribution in [3.63, 3.8) is 0 Å². The number of carbonyl (C=O) groups excluding carboxylic acids is 1. The summed E-state index contributed by atoms with van der Waals surface area (Å²) in [6.07, 6.45) is 0. The standard InChI is InChI=1S/C12H15Cl2N3O3S/c1-8(18)16-2-4-17(5-3-16)21(19,20)12-10(14)6-9(13)7-11(12)15/h6-7H,2-5,15H2,1H3. The Bertz CT molecular complexity index is 647. The van der Waals surface area contributed by atoms with E-state index in [-0.39, 0.29) is 39.6 Å². The third-order valence-corrected chi connectivity index (χ3v) is 5.96. The topological polar surface area (TPSA) is 83.7 Å². The Morgan fingerprint density at radius 3 is 2.24 bits per heavy atom. The zero-order valence-electron chi connectivity index (χ0n) is 11.3. The maximum atomic E-state index is 12.6. The van der Waals surface area contributed by atoms with Crippen molar-refractivity contribution in [2.24, 2.45) is 0 Å². The van der Waals surface area contributed by atoms with E-state index >= 15 is 0 Å². The first-order valence-electron chi connectivity index (χ1n) is 6.23. The van der Waals surface area contributed by atoms with Crippen molar-refractivity contribution in [1.29, 1.82) is 0 Å². The van der Waals surface area contributed by atoms with Crippen LogP contribution in [0.1, 0.15) is 6.92 Å². The minimum absolute atomic E-state index is 0.00556. The van der Waals surface area contributed by atoms with Gasteiger partial charge in [0.2, 0.25) is 15.9 Å². The number of benzene rings is 1. The quantitative estimate of drug-likeness (QED) is 0.816. The van der Waals surface area contributed by atoms with Crippen LogP contribution in [-0.4, -0.2) is 49.7 Å². The molecule has 0 unspecified atom stereocenters. The van der Waals surface area contributed by atoms with Crippen molar-refractivity contribution < 1.29 is 13.2 Å². The number of anilines is 1. The van der Waals surface area contributed by atoms with E-state index in [1.54, 1.807) is 4.90 Å². The van der Waals surface area contributed by atoms with Gasteiger partial charge in [0.1, 0.15) is 4.90 Å². The summed E-state index contributed by atoms with van der Waals surface area (Å²) >= 11 is 11.8. The first-order chi connectivity index (χ1) is 9.73. The largest absolute Gasteiger partial charge is 0.398 e. The Hall–Kier alpha value is -1.02. The minimum atomic E-state index is -3.81. The van der Waals surface area contributed by atoms with Gasteiger partial charge in [0.25, 0.3) is 0 Å². The van der Waals surface area contributed by atoms with Gasteiger partial charge in [-0.2, -0.15) is 4.31 Å². The lowest BCUT2D eigenvalue weighted by Gasteiger charge is -2.33. The minimum Gasteiger partial charge on any atom is -0.398 e. The SMILES string of the molecule is CC(=O)N1CCN(S(=O)(=O)c2c(N)cc(Cl)cc2Cl)CC1. The van der Waals surface area contributed by atoms with Gasteiger partial charge >= 0.3 is 0 Å². The van der Waals surface area contributed by atoms with Gasteiger partial charge in [-0.3, -0.25) is 4.79 Å². The monoisotopic (exact) mass is 351 g/mol. The molecule has 1 aliphatic heterocycles. The molecular weight excluding hydrogens is 337 g/mol. The second-order valence-corrected chi connectivity index (χ2v) is 7.43. The van der Waals surface area contributed by atoms with Gasteiger partial charge in [-0.15, -0.1) is 0 Å². The normalized spacial score (nSPS) is 17.0. The average Bonchev–Trinajstić information content (AvgIpc) is 2.37. The van der Waals surface area contributed by atoms with Crippen molar-refractivity contribution in [2.45, 2.75) is 11.8 Å². The molecular formula is C12H15Cl2N3O3S. The van der Waals surface area contributed by atoms with E-state index in [0.717, 1.165) is 0 Å². The molecule has 1 aromatic carbocycles. The van der Waals surface area contributed by atoms with Crippen LogP contribution in [0.2, 0.25) is 10.0 Å². The Labute approximate surface area is 133 Å². The van der Waals surface area contributed by atoms with Crippen LogP contribution < -0.4 is 5.73 Å². The van der Waals surface area contributed by atoms with E-state index in [1.165, 1.54) is 23.4 Å². The smallest absolute Gasteiger partial charge is 0.246 e. The molecule has 0 aliphatic carbocycles. The van der Waals surface area contributed by atoms with Gasteiger partial charge in [-0.1, -0.05) is 23.2 Å². The molecule has 0 radical (unpaired) electrons. The van der Waals surface area contributed by atoms with Gasteiger partial charge in [0.15, 0.2) is 0 Å². The molecule has 0 saturated carbocycles. The summed E-state index contributed by atoms with van der Waals surface area (Å²) in [7, 11) is -3.81. The molecule has 1 aliphatic rings. The lowest BCUT2D eigenvalue weighted by molar-refractivity contribution is -0.129. The number of hydrogen-bond donors (Lipinski definition) is 1. The first kappa shape index (κ1) is 16.4. The van der Waals surface area contributed by atoms with E-state index in [4.69, 9.17) is 28.9 Å².